The molecule has 3 rings (SSSR count). The molecule has 6 heteroatoms. The van der Waals surface area contributed by atoms with Gasteiger partial charge in [0, 0.05) is 5.54 Å². The maximum atomic E-state index is 13.2. The average Bonchev–Trinajstić information content (AvgIpc) is 2.75. The molecule has 1 heterocycles. The molecule has 6 nitrogen and oxygen atoms in total. The summed E-state index contributed by atoms with van der Waals surface area (Å²) in [6.07, 6.45) is 4.05. The van der Waals surface area contributed by atoms with Gasteiger partial charge in [0.15, 0.2) is 0 Å². The van der Waals surface area contributed by atoms with Gasteiger partial charge in [-0.05, 0) is 57.1 Å². The molecule has 0 aromatic heterocycles. The second kappa shape index (κ2) is 6.74. The topological polar surface area (TPSA) is 78.5 Å². The zero-order valence-corrected chi connectivity index (χ0v) is 15.7. The lowest BCUT2D eigenvalue weighted by atomic mass is 9.84. The Balaban J connectivity index is 1.86. The lowest BCUT2D eigenvalue weighted by Crippen LogP contribution is -2.49. The van der Waals surface area contributed by atoms with Crippen LogP contribution < -0.4 is 10.6 Å². The van der Waals surface area contributed by atoms with Crippen LogP contribution in [-0.4, -0.2) is 34.8 Å². The van der Waals surface area contributed by atoms with Crippen LogP contribution in [0.2, 0.25) is 0 Å². The molecule has 1 aromatic carbocycles. The molecule has 1 saturated heterocycles. The molecule has 2 aliphatic rings. The lowest BCUT2D eigenvalue weighted by molar-refractivity contribution is -0.136. The van der Waals surface area contributed by atoms with Crippen molar-refractivity contribution in [2.75, 3.05) is 6.54 Å². The number of hydrogen-bond acceptors (Lipinski definition) is 3. The summed E-state index contributed by atoms with van der Waals surface area (Å²) in [6.45, 7) is 5.56. The summed E-state index contributed by atoms with van der Waals surface area (Å²) >= 11 is 0. The van der Waals surface area contributed by atoms with Crippen LogP contribution in [0, 0.1) is 0 Å². The zero-order chi connectivity index (χ0) is 18.9. The molecule has 1 spiro atoms. The number of rotatable bonds is 4. The SMILES string of the molecule is CCC(C)(C)NC(=O)CN1C(=O)NC2(CCCCc3ccccc32)C1=O. The number of carbonyl (C=O) groups excluding carboxylic acids is 3. The average molecular weight is 357 g/mol. The van der Waals surface area contributed by atoms with Gasteiger partial charge in [0.2, 0.25) is 5.91 Å². The summed E-state index contributed by atoms with van der Waals surface area (Å²) in [4.78, 5) is 39.2. The fourth-order valence-corrected chi connectivity index (χ4v) is 3.77. The van der Waals surface area contributed by atoms with E-state index in [0.29, 0.717) is 6.42 Å². The van der Waals surface area contributed by atoms with Gasteiger partial charge >= 0.3 is 6.03 Å². The van der Waals surface area contributed by atoms with Crippen LogP contribution in [0.5, 0.6) is 0 Å². The Hall–Kier alpha value is -2.37. The number of nitrogens with one attached hydrogen (secondary N) is 2. The van der Waals surface area contributed by atoms with Gasteiger partial charge in [-0.15, -0.1) is 0 Å². The van der Waals surface area contributed by atoms with Crippen LogP contribution >= 0.6 is 0 Å². The van der Waals surface area contributed by atoms with E-state index in [1.54, 1.807) is 0 Å². The van der Waals surface area contributed by atoms with Crippen molar-refractivity contribution in [1.29, 1.82) is 0 Å². The molecule has 1 unspecified atom stereocenters. The maximum Gasteiger partial charge on any atom is 0.325 e. The second-order valence-electron chi connectivity index (χ2n) is 7.88. The highest BCUT2D eigenvalue weighted by atomic mass is 16.2. The van der Waals surface area contributed by atoms with Gasteiger partial charge in [0.25, 0.3) is 5.91 Å². The van der Waals surface area contributed by atoms with Crippen molar-refractivity contribution in [2.45, 2.75) is 64.0 Å². The Kier molecular flexibility index (Phi) is 4.78. The van der Waals surface area contributed by atoms with E-state index in [-0.39, 0.29) is 23.9 Å². The zero-order valence-electron chi connectivity index (χ0n) is 15.7. The molecule has 1 fully saturated rings. The van der Waals surface area contributed by atoms with E-state index in [1.807, 2.05) is 45.0 Å². The highest BCUT2D eigenvalue weighted by molar-refractivity contribution is 6.09. The van der Waals surface area contributed by atoms with E-state index in [9.17, 15) is 14.4 Å². The molecule has 4 amide bonds. The van der Waals surface area contributed by atoms with Crippen molar-refractivity contribution in [2.24, 2.45) is 0 Å². The van der Waals surface area contributed by atoms with Gasteiger partial charge in [-0.25, -0.2) is 4.79 Å². The number of carbonyl (C=O) groups is 3. The fourth-order valence-electron chi connectivity index (χ4n) is 3.77. The summed E-state index contributed by atoms with van der Waals surface area (Å²) in [7, 11) is 0. The molecular formula is C20H27N3O3. The predicted molar refractivity (Wildman–Crippen MR) is 98.4 cm³/mol. The number of nitrogens with zero attached hydrogens (tertiary/aromatic N) is 1. The minimum Gasteiger partial charge on any atom is -0.350 e. The van der Waals surface area contributed by atoms with Gasteiger partial charge < -0.3 is 10.6 Å². The van der Waals surface area contributed by atoms with Gasteiger partial charge in [0.1, 0.15) is 12.1 Å². The van der Waals surface area contributed by atoms with E-state index in [4.69, 9.17) is 0 Å². The Bertz CT molecular complexity index is 744. The summed E-state index contributed by atoms with van der Waals surface area (Å²) in [5.41, 5.74) is 0.554. The highest BCUT2D eigenvalue weighted by Crippen LogP contribution is 2.38. The van der Waals surface area contributed by atoms with Crippen LogP contribution in [0.3, 0.4) is 0 Å². The first-order valence-corrected chi connectivity index (χ1v) is 9.32. The normalized spacial score (nSPS) is 22.8. The molecule has 2 N–H and O–H groups in total. The van der Waals surface area contributed by atoms with Crippen molar-refractivity contribution < 1.29 is 14.4 Å². The molecule has 140 valence electrons. The highest BCUT2D eigenvalue weighted by Gasteiger charge is 2.53. The van der Waals surface area contributed by atoms with E-state index in [1.165, 1.54) is 0 Å². The molecular weight excluding hydrogens is 330 g/mol. The Morgan fingerprint density at radius 2 is 2.00 bits per heavy atom. The minimum atomic E-state index is -1.04. The van der Waals surface area contributed by atoms with Crippen LogP contribution in [-0.2, 0) is 21.5 Å². The molecule has 0 bridgehead atoms. The fraction of sp³-hybridized carbons (Fsp3) is 0.550. The number of urea groups is 1. The second-order valence-corrected chi connectivity index (χ2v) is 7.88. The van der Waals surface area contributed by atoms with Gasteiger partial charge in [-0.2, -0.15) is 0 Å². The number of fused-ring (bicyclic) bond motifs is 2. The van der Waals surface area contributed by atoms with Gasteiger partial charge in [-0.1, -0.05) is 31.2 Å². The third kappa shape index (κ3) is 3.20. The lowest BCUT2D eigenvalue weighted by Gasteiger charge is -2.28. The Labute approximate surface area is 154 Å². The van der Waals surface area contributed by atoms with Crippen molar-refractivity contribution in [3.8, 4) is 0 Å². The van der Waals surface area contributed by atoms with Gasteiger partial charge in [0.05, 0.1) is 0 Å². The molecule has 0 radical (unpaired) electrons. The molecule has 1 aliphatic heterocycles. The van der Waals surface area contributed by atoms with Crippen LogP contribution in [0.15, 0.2) is 24.3 Å². The molecule has 1 aliphatic carbocycles. The van der Waals surface area contributed by atoms with Crippen molar-refractivity contribution in [3.63, 3.8) is 0 Å². The molecule has 1 aromatic rings. The van der Waals surface area contributed by atoms with Crippen molar-refractivity contribution >= 4 is 17.8 Å². The third-order valence-corrected chi connectivity index (χ3v) is 5.56. The Morgan fingerprint density at radius 3 is 2.73 bits per heavy atom. The first-order valence-electron chi connectivity index (χ1n) is 9.32. The first kappa shape index (κ1) is 18.4. The van der Waals surface area contributed by atoms with Crippen molar-refractivity contribution in [1.82, 2.24) is 15.5 Å². The smallest absolute Gasteiger partial charge is 0.325 e. The van der Waals surface area contributed by atoms with Crippen LogP contribution in [0.4, 0.5) is 4.79 Å². The number of benzene rings is 1. The monoisotopic (exact) mass is 357 g/mol. The standard InChI is InChI=1S/C20H27N3O3/c1-4-19(2,3)21-16(24)13-23-17(25)20(22-18(23)26)12-8-7-10-14-9-5-6-11-15(14)20/h5-6,9,11H,4,7-8,10,12-13H2,1-3H3,(H,21,24)(H,22,26). The summed E-state index contributed by atoms with van der Waals surface area (Å²) in [6, 6.07) is 7.29. The number of imide groups is 1. The molecule has 1 atom stereocenters. The van der Waals surface area contributed by atoms with Crippen molar-refractivity contribution in [3.05, 3.63) is 35.4 Å². The summed E-state index contributed by atoms with van der Waals surface area (Å²) in [5, 5.41) is 5.79. The van der Waals surface area contributed by atoms with E-state index >= 15 is 0 Å². The maximum absolute atomic E-state index is 13.2. The third-order valence-electron chi connectivity index (χ3n) is 5.56. The number of aryl methyl sites for hydroxylation is 1. The van der Waals surface area contributed by atoms with Gasteiger partial charge in [-0.3, -0.25) is 14.5 Å². The number of hydrogen-bond donors (Lipinski definition) is 2. The Morgan fingerprint density at radius 1 is 1.27 bits per heavy atom. The largest absolute Gasteiger partial charge is 0.350 e. The summed E-state index contributed by atoms with van der Waals surface area (Å²) in [5.74, 6) is -0.638. The minimum absolute atomic E-state index is 0.252. The van der Waals surface area contributed by atoms with Crippen LogP contribution in [0.1, 0.15) is 57.6 Å². The quantitative estimate of drug-likeness (QED) is 0.813. The summed E-state index contributed by atoms with van der Waals surface area (Å²) < 4.78 is 0. The van der Waals surface area contributed by atoms with Crippen LogP contribution in [0.25, 0.3) is 0 Å². The van der Waals surface area contributed by atoms with E-state index in [0.717, 1.165) is 41.7 Å². The predicted octanol–water partition coefficient (Wildman–Crippen LogP) is 2.46. The van der Waals surface area contributed by atoms with E-state index < -0.39 is 11.6 Å². The molecule has 26 heavy (non-hydrogen) atoms. The molecule has 0 saturated carbocycles. The van der Waals surface area contributed by atoms with E-state index in [2.05, 4.69) is 10.6 Å². The number of amides is 4. The first-order chi connectivity index (χ1) is 12.3.